The summed E-state index contributed by atoms with van der Waals surface area (Å²) in [6.07, 6.45) is 3.21. The number of aryl methyl sites for hydroxylation is 1. The first-order valence-corrected chi connectivity index (χ1v) is 5.58. The molecule has 0 radical (unpaired) electrons. The van der Waals surface area contributed by atoms with Gasteiger partial charge in [0.05, 0.1) is 7.11 Å². The van der Waals surface area contributed by atoms with Crippen LogP contribution in [0.3, 0.4) is 0 Å². The summed E-state index contributed by atoms with van der Waals surface area (Å²) in [6, 6.07) is 8.16. The highest BCUT2D eigenvalue weighted by Crippen LogP contribution is 2.22. The van der Waals surface area contributed by atoms with E-state index in [-0.39, 0.29) is 0 Å². The molecule has 0 spiro atoms. The first-order chi connectivity index (χ1) is 8.79. The summed E-state index contributed by atoms with van der Waals surface area (Å²) in [5.41, 5.74) is 3.63. The molecule has 0 fully saturated rings. The van der Waals surface area contributed by atoms with Crippen molar-refractivity contribution < 1.29 is 4.74 Å². The van der Waals surface area contributed by atoms with Crippen molar-refractivity contribution in [2.45, 2.75) is 6.92 Å². The molecule has 5 nitrogen and oxygen atoms in total. The lowest BCUT2D eigenvalue weighted by Gasteiger charge is -2.04. The third-order valence-electron chi connectivity index (χ3n) is 2.77. The Morgan fingerprint density at radius 3 is 2.83 bits per heavy atom. The molecule has 0 aliphatic rings. The van der Waals surface area contributed by atoms with E-state index in [1.807, 2.05) is 16.7 Å². The molecule has 2 heterocycles. The van der Waals surface area contributed by atoms with Crippen LogP contribution in [0.5, 0.6) is 5.88 Å². The molecule has 5 heteroatoms. The highest BCUT2D eigenvalue weighted by atomic mass is 16.5. The van der Waals surface area contributed by atoms with Gasteiger partial charge in [-0.05, 0) is 24.6 Å². The molecule has 18 heavy (non-hydrogen) atoms. The molecule has 1 aromatic carbocycles. The number of nitrogens with zero attached hydrogens (tertiary/aromatic N) is 4. The second-order valence-corrected chi connectivity index (χ2v) is 4.01. The Morgan fingerprint density at radius 2 is 2.06 bits per heavy atom. The van der Waals surface area contributed by atoms with Crippen molar-refractivity contribution in [2.24, 2.45) is 0 Å². The average Bonchev–Trinajstić information content (AvgIpc) is 2.82. The molecule has 0 atom stereocenters. The molecule has 3 aromatic rings. The van der Waals surface area contributed by atoms with Gasteiger partial charge in [0.1, 0.15) is 12.7 Å². The minimum absolute atomic E-state index is 0.492. The lowest BCUT2D eigenvalue weighted by molar-refractivity contribution is 0.401. The van der Waals surface area contributed by atoms with E-state index in [0.29, 0.717) is 11.4 Å². The third kappa shape index (κ3) is 1.60. The average molecular weight is 240 g/mol. The van der Waals surface area contributed by atoms with Gasteiger partial charge in [-0.15, -0.1) is 0 Å². The minimum atomic E-state index is 0.492. The molecular weight excluding hydrogens is 228 g/mol. The van der Waals surface area contributed by atoms with Crippen LogP contribution >= 0.6 is 0 Å². The maximum atomic E-state index is 5.17. The first-order valence-electron chi connectivity index (χ1n) is 5.58. The SMILES string of the molecule is COc1ncnc2c1ncn2-c1cccc(C)c1. The zero-order valence-electron chi connectivity index (χ0n) is 10.2. The number of rotatable bonds is 2. The van der Waals surface area contributed by atoms with Crippen molar-refractivity contribution in [3.8, 4) is 11.6 Å². The standard InChI is InChI=1S/C13H12N4O/c1-9-4-3-5-10(6-9)17-8-16-11-12(17)14-7-15-13(11)18-2/h3-8H,1-2H3. The lowest BCUT2D eigenvalue weighted by atomic mass is 10.2. The van der Waals surface area contributed by atoms with Gasteiger partial charge in [-0.3, -0.25) is 4.57 Å². The molecular formula is C13H12N4O. The number of fused-ring (bicyclic) bond motifs is 1. The van der Waals surface area contributed by atoms with Crippen LogP contribution in [0.4, 0.5) is 0 Å². The van der Waals surface area contributed by atoms with Crippen molar-refractivity contribution in [3.05, 3.63) is 42.5 Å². The number of methoxy groups -OCH3 is 1. The molecule has 0 aliphatic carbocycles. The maximum absolute atomic E-state index is 5.17. The van der Waals surface area contributed by atoms with E-state index in [1.165, 1.54) is 11.9 Å². The maximum Gasteiger partial charge on any atom is 0.245 e. The van der Waals surface area contributed by atoms with Gasteiger partial charge in [0, 0.05) is 5.69 Å². The van der Waals surface area contributed by atoms with E-state index in [0.717, 1.165) is 11.3 Å². The largest absolute Gasteiger partial charge is 0.479 e. The number of hydrogen-bond acceptors (Lipinski definition) is 4. The van der Waals surface area contributed by atoms with Gasteiger partial charge in [-0.25, -0.2) is 9.97 Å². The number of ether oxygens (including phenoxy) is 1. The van der Waals surface area contributed by atoms with Gasteiger partial charge < -0.3 is 4.74 Å². The van der Waals surface area contributed by atoms with Crippen LogP contribution in [0, 0.1) is 6.92 Å². The zero-order valence-corrected chi connectivity index (χ0v) is 10.2. The molecule has 0 saturated carbocycles. The van der Waals surface area contributed by atoms with Gasteiger partial charge in [-0.2, -0.15) is 4.98 Å². The third-order valence-corrected chi connectivity index (χ3v) is 2.77. The molecule has 0 saturated heterocycles. The highest BCUT2D eigenvalue weighted by molar-refractivity contribution is 5.77. The summed E-state index contributed by atoms with van der Waals surface area (Å²) < 4.78 is 7.10. The monoisotopic (exact) mass is 240 g/mol. The smallest absolute Gasteiger partial charge is 0.245 e. The molecule has 0 unspecified atom stereocenters. The van der Waals surface area contributed by atoms with Gasteiger partial charge in [0.15, 0.2) is 11.2 Å². The quantitative estimate of drug-likeness (QED) is 0.688. The molecule has 0 amide bonds. The summed E-state index contributed by atoms with van der Waals surface area (Å²) in [5, 5.41) is 0. The van der Waals surface area contributed by atoms with Crippen molar-refractivity contribution in [1.29, 1.82) is 0 Å². The van der Waals surface area contributed by atoms with Crippen LogP contribution in [0.2, 0.25) is 0 Å². The number of imidazole rings is 1. The topological polar surface area (TPSA) is 52.8 Å². The fourth-order valence-corrected chi connectivity index (χ4v) is 1.93. The van der Waals surface area contributed by atoms with Crippen LogP contribution in [-0.2, 0) is 0 Å². The van der Waals surface area contributed by atoms with Gasteiger partial charge in [0.25, 0.3) is 0 Å². The summed E-state index contributed by atoms with van der Waals surface area (Å²) in [4.78, 5) is 12.6. The minimum Gasteiger partial charge on any atom is -0.479 e. The molecule has 0 aliphatic heterocycles. The molecule has 0 N–H and O–H groups in total. The van der Waals surface area contributed by atoms with E-state index in [2.05, 4.69) is 34.0 Å². The lowest BCUT2D eigenvalue weighted by Crippen LogP contribution is -1.96. The van der Waals surface area contributed by atoms with Gasteiger partial charge >= 0.3 is 0 Å². The summed E-state index contributed by atoms with van der Waals surface area (Å²) in [6.45, 7) is 2.05. The van der Waals surface area contributed by atoms with E-state index < -0.39 is 0 Å². The number of benzene rings is 1. The van der Waals surface area contributed by atoms with Crippen molar-refractivity contribution in [2.75, 3.05) is 7.11 Å². The van der Waals surface area contributed by atoms with Crippen LogP contribution in [0.25, 0.3) is 16.9 Å². The predicted octanol–water partition coefficient (Wildman–Crippen LogP) is 2.13. The summed E-state index contributed by atoms with van der Waals surface area (Å²) >= 11 is 0. The molecule has 2 aromatic heterocycles. The van der Waals surface area contributed by atoms with E-state index >= 15 is 0 Å². The first kappa shape index (κ1) is 10.7. The number of aromatic nitrogens is 4. The predicted molar refractivity (Wildman–Crippen MR) is 67.9 cm³/mol. The van der Waals surface area contributed by atoms with Crippen molar-refractivity contribution in [3.63, 3.8) is 0 Å². The van der Waals surface area contributed by atoms with E-state index in [1.54, 1.807) is 13.4 Å². The van der Waals surface area contributed by atoms with Crippen LogP contribution in [-0.4, -0.2) is 26.6 Å². The Bertz CT molecular complexity index is 705. The summed E-state index contributed by atoms with van der Waals surface area (Å²) in [5.74, 6) is 0.492. The fraction of sp³-hybridized carbons (Fsp3) is 0.154. The Morgan fingerprint density at radius 1 is 1.17 bits per heavy atom. The fourth-order valence-electron chi connectivity index (χ4n) is 1.93. The summed E-state index contributed by atoms with van der Waals surface area (Å²) in [7, 11) is 1.58. The van der Waals surface area contributed by atoms with Crippen molar-refractivity contribution in [1.82, 2.24) is 19.5 Å². The molecule has 90 valence electrons. The molecule has 3 rings (SSSR count). The van der Waals surface area contributed by atoms with Crippen LogP contribution < -0.4 is 4.74 Å². The Hall–Kier alpha value is -2.43. The zero-order chi connectivity index (χ0) is 12.5. The second-order valence-electron chi connectivity index (χ2n) is 4.01. The molecule has 0 bridgehead atoms. The number of hydrogen-bond donors (Lipinski definition) is 0. The van der Waals surface area contributed by atoms with Gasteiger partial charge in [-0.1, -0.05) is 12.1 Å². The van der Waals surface area contributed by atoms with E-state index in [4.69, 9.17) is 4.74 Å². The van der Waals surface area contributed by atoms with E-state index in [9.17, 15) is 0 Å². The van der Waals surface area contributed by atoms with Crippen LogP contribution in [0.15, 0.2) is 36.9 Å². The van der Waals surface area contributed by atoms with Crippen molar-refractivity contribution >= 4 is 11.2 Å². The van der Waals surface area contributed by atoms with Gasteiger partial charge in [0.2, 0.25) is 5.88 Å². The Labute approximate surface area is 104 Å². The normalized spacial score (nSPS) is 10.8. The Kier molecular flexibility index (Phi) is 2.44. The highest BCUT2D eigenvalue weighted by Gasteiger charge is 2.11. The van der Waals surface area contributed by atoms with Crippen LogP contribution in [0.1, 0.15) is 5.56 Å². The second kappa shape index (κ2) is 4.10. The Balaban J connectivity index is 2.25.